The van der Waals surface area contributed by atoms with Crippen molar-refractivity contribution in [2.45, 2.75) is 32.2 Å². The summed E-state index contributed by atoms with van der Waals surface area (Å²) in [6.45, 7) is 4.75. The van der Waals surface area contributed by atoms with Crippen LogP contribution in [-0.4, -0.2) is 35.5 Å². The minimum atomic E-state index is -0.748. The molecule has 5 nitrogen and oxygen atoms in total. The lowest BCUT2D eigenvalue weighted by molar-refractivity contribution is -0.145. The molecule has 0 saturated heterocycles. The van der Waals surface area contributed by atoms with Crippen molar-refractivity contribution in [1.29, 1.82) is 0 Å². The molecule has 2 rings (SSSR count). The standard InChI is InChI=1S/C19H25NO4/c1-3-12-20(13-14-4-10-17(24-2)11-5-14)18(21)15-6-8-16(9-7-15)19(22)23/h3-5,10-11,15-16H,1,6-9,12-13H2,2H3,(H,22,23). The third-order valence-corrected chi connectivity index (χ3v) is 4.62. The Hall–Kier alpha value is -2.30. The molecule has 0 heterocycles. The third kappa shape index (κ3) is 4.60. The summed E-state index contributed by atoms with van der Waals surface area (Å²) in [7, 11) is 1.62. The third-order valence-electron chi connectivity index (χ3n) is 4.62. The van der Waals surface area contributed by atoms with Gasteiger partial charge >= 0.3 is 5.97 Å². The number of nitrogens with zero attached hydrogens (tertiary/aromatic N) is 1. The Balaban J connectivity index is 1.99. The number of ether oxygens (including phenoxy) is 1. The molecular formula is C19H25NO4. The Morgan fingerprint density at radius 2 is 1.79 bits per heavy atom. The first-order valence-corrected chi connectivity index (χ1v) is 8.30. The molecule has 0 spiro atoms. The zero-order valence-electron chi connectivity index (χ0n) is 14.1. The van der Waals surface area contributed by atoms with Crippen molar-refractivity contribution < 1.29 is 19.4 Å². The van der Waals surface area contributed by atoms with Gasteiger partial charge in [-0.2, -0.15) is 0 Å². The average Bonchev–Trinajstić information content (AvgIpc) is 2.61. The van der Waals surface area contributed by atoms with Crippen LogP contribution >= 0.6 is 0 Å². The fraction of sp³-hybridized carbons (Fsp3) is 0.474. The summed E-state index contributed by atoms with van der Waals surface area (Å²) in [5.74, 6) is -0.258. The zero-order chi connectivity index (χ0) is 17.5. The number of rotatable bonds is 7. The van der Waals surface area contributed by atoms with E-state index >= 15 is 0 Å². The number of hydrogen-bond donors (Lipinski definition) is 1. The van der Waals surface area contributed by atoms with Gasteiger partial charge in [-0.05, 0) is 43.4 Å². The molecule has 1 fully saturated rings. The van der Waals surface area contributed by atoms with Crippen molar-refractivity contribution in [3.63, 3.8) is 0 Å². The van der Waals surface area contributed by atoms with Gasteiger partial charge in [-0.25, -0.2) is 0 Å². The first-order valence-electron chi connectivity index (χ1n) is 8.30. The van der Waals surface area contributed by atoms with Crippen LogP contribution in [0.2, 0.25) is 0 Å². The van der Waals surface area contributed by atoms with Crippen LogP contribution < -0.4 is 4.74 Å². The fourth-order valence-corrected chi connectivity index (χ4v) is 3.19. The van der Waals surface area contributed by atoms with Crippen LogP contribution in [0.5, 0.6) is 5.75 Å². The molecule has 1 aromatic rings. The molecule has 0 unspecified atom stereocenters. The van der Waals surface area contributed by atoms with Gasteiger partial charge in [0.2, 0.25) is 5.91 Å². The quantitative estimate of drug-likeness (QED) is 0.780. The van der Waals surface area contributed by atoms with E-state index in [2.05, 4.69) is 6.58 Å². The van der Waals surface area contributed by atoms with E-state index in [0.29, 0.717) is 38.8 Å². The minimum Gasteiger partial charge on any atom is -0.497 e. The molecule has 0 radical (unpaired) electrons. The Morgan fingerprint density at radius 1 is 1.21 bits per heavy atom. The molecule has 24 heavy (non-hydrogen) atoms. The molecule has 1 aromatic carbocycles. The van der Waals surface area contributed by atoms with E-state index in [4.69, 9.17) is 9.84 Å². The molecule has 130 valence electrons. The van der Waals surface area contributed by atoms with E-state index in [1.54, 1.807) is 18.1 Å². The highest BCUT2D eigenvalue weighted by Crippen LogP contribution is 2.30. The molecule has 0 bridgehead atoms. The second-order valence-electron chi connectivity index (χ2n) is 6.24. The highest BCUT2D eigenvalue weighted by molar-refractivity contribution is 5.79. The summed E-state index contributed by atoms with van der Waals surface area (Å²) < 4.78 is 5.15. The molecule has 1 N–H and O–H groups in total. The van der Waals surface area contributed by atoms with Crippen LogP contribution in [0.3, 0.4) is 0 Å². The van der Waals surface area contributed by atoms with Gasteiger partial charge in [-0.1, -0.05) is 18.2 Å². The summed E-state index contributed by atoms with van der Waals surface area (Å²) in [5, 5.41) is 9.08. The maximum atomic E-state index is 12.8. The van der Waals surface area contributed by atoms with E-state index in [-0.39, 0.29) is 17.7 Å². The number of carboxylic acids is 1. The lowest BCUT2D eigenvalue weighted by atomic mass is 9.81. The molecule has 1 amide bonds. The van der Waals surface area contributed by atoms with Crippen molar-refractivity contribution in [2.75, 3.05) is 13.7 Å². The monoisotopic (exact) mass is 331 g/mol. The van der Waals surface area contributed by atoms with Crippen molar-refractivity contribution in [1.82, 2.24) is 4.90 Å². The highest BCUT2D eigenvalue weighted by Gasteiger charge is 2.31. The van der Waals surface area contributed by atoms with Crippen molar-refractivity contribution in [2.24, 2.45) is 11.8 Å². The average molecular weight is 331 g/mol. The SMILES string of the molecule is C=CCN(Cc1ccc(OC)cc1)C(=O)C1CCC(C(=O)O)CC1. The van der Waals surface area contributed by atoms with Gasteiger partial charge in [0.25, 0.3) is 0 Å². The van der Waals surface area contributed by atoms with E-state index < -0.39 is 5.97 Å². The van der Waals surface area contributed by atoms with E-state index in [9.17, 15) is 9.59 Å². The molecule has 1 saturated carbocycles. The van der Waals surface area contributed by atoms with Gasteiger partial charge in [-0.15, -0.1) is 6.58 Å². The zero-order valence-corrected chi connectivity index (χ0v) is 14.1. The van der Waals surface area contributed by atoms with Crippen molar-refractivity contribution in [3.05, 3.63) is 42.5 Å². The number of hydrogen-bond acceptors (Lipinski definition) is 3. The number of carbonyl (C=O) groups excluding carboxylic acids is 1. The molecule has 5 heteroatoms. The van der Waals surface area contributed by atoms with Crippen molar-refractivity contribution >= 4 is 11.9 Å². The Morgan fingerprint density at radius 3 is 2.29 bits per heavy atom. The van der Waals surface area contributed by atoms with Crippen LogP contribution in [0.15, 0.2) is 36.9 Å². The summed E-state index contributed by atoms with van der Waals surface area (Å²) >= 11 is 0. The van der Waals surface area contributed by atoms with Gasteiger partial charge in [0, 0.05) is 19.0 Å². The van der Waals surface area contributed by atoms with E-state index in [1.807, 2.05) is 24.3 Å². The van der Waals surface area contributed by atoms with E-state index in [1.165, 1.54) is 0 Å². The van der Waals surface area contributed by atoms with Gasteiger partial charge in [0.05, 0.1) is 13.0 Å². The topological polar surface area (TPSA) is 66.8 Å². The molecule has 0 aliphatic heterocycles. The number of methoxy groups -OCH3 is 1. The van der Waals surface area contributed by atoms with Crippen LogP contribution in [0.1, 0.15) is 31.2 Å². The summed E-state index contributed by atoms with van der Waals surface area (Å²) in [5.41, 5.74) is 1.03. The predicted octanol–water partition coefficient (Wildman–Crippen LogP) is 3.10. The lowest BCUT2D eigenvalue weighted by Gasteiger charge is -2.30. The van der Waals surface area contributed by atoms with Gasteiger partial charge < -0.3 is 14.7 Å². The largest absolute Gasteiger partial charge is 0.497 e. The Bertz CT molecular complexity index is 574. The normalized spacial score (nSPS) is 20.2. The summed E-state index contributed by atoms with van der Waals surface area (Å²) in [6, 6.07) is 7.65. The smallest absolute Gasteiger partial charge is 0.306 e. The Kier molecular flexibility index (Phi) is 6.41. The second-order valence-corrected chi connectivity index (χ2v) is 6.24. The first kappa shape index (κ1) is 18.0. The molecule has 1 aliphatic rings. The number of amides is 1. The molecule has 0 atom stereocenters. The van der Waals surface area contributed by atoms with Gasteiger partial charge in [0.15, 0.2) is 0 Å². The van der Waals surface area contributed by atoms with Gasteiger partial charge in [0.1, 0.15) is 5.75 Å². The molecular weight excluding hydrogens is 306 g/mol. The van der Waals surface area contributed by atoms with Crippen molar-refractivity contribution in [3.8, 4) is 5.75 Å². The predicted molar refractivity (Wildman–Crippen MR) is 91.7 cm³/mol. The van der Waals surface area contributed by atoms with Crippen LogP contribution in [0, 0.1) is 11.8 Å². The first-order chi connectivity index (χ1) is 11.5. The number of carbonyl (C=O) groups is 2. The number of benzene rings is 1. The van der Waals surface area contributed by atoms with Crippen LogP contribution in [-0.2, 0) is 16.1 Å². The van der Waals surface area contributed by atoms with Gasteiger partial charge in [-0.3, -0.25) is 9.59 Å². The Labute approximate surface area is 142 Å². The van der Waals surface area contributed by atoms with Crippen LogP contribution in [0.25, 0.3) is 0 Å². The molecule has 0 aromatic heterocycles. The lowest BCUT2D eigenvalue weighted by Crippen LogP contribution is -2.38. The van der Waals surface area contributed by atoms with E-state index in [0.717, 1.165) is 11.3 Å². The fourth-order valence-electron chi connectivity index (χ4n) is 3.19. The number of aliphatic carboxylic acids is 1. The second kappa shape index (κ2) is 8.52. The number of carboxylic acid groups (broad SMARTS) is 1. The maximum absolute atomic E-state index is 12.8. The molecule has 1 aliphatic carbocycles. The summed E-state index contributed by atoms with van der Waals surface area (Å²) in [4.78, 5) is 25.6. The minimum absolute atomic E-state index is 0.0844. The van der Waals surface area contributed by atoms with Crippen LogP contribution in [0.4, 0.5) is 0 Å². The summed E-state index contributed by atoms with van der Waals surface area (Å²) in [6.07, 6.45) is 4.18. The maximum Gasteiger partial charge on any atom is 0.306 e. The highest BCUT2D eigenvalue weighted by atomic mass is 16.5.